The van der Waals surface area contributed by atoms with Gasteiger partial charge in [-0.25, -0.2) is 0 Å². The summed E-state index contributed by atoms with van der Waals surface area (Å²) in [6.07, 6.45) is 0.552. The van der Waals surface area contributed by atoms with E-state index in [-0.39, 0.29) is 12.5 Å². The predicted molar refractivity (Wildman–Crippen MR) is 62.2 cm³/mol. The van der Waals surface area contributed by atoms with Crippen molar-refractivity contribution >= 4 is 16.9 Å². The van der Waals surface area contributed by atoms with Crippen LogP contribution >= 0.6 is 0 Å². The van der Waals surface area contributed by atoms with Gasteiger partial charge in [0.05, 0.1) is 6.42 Å². The molecule has 0 radical (unpaired) electrons. The lowest BCUT2D eigenvalue weighted by atomic mass is 10.1. The Bertz CT molecular complexity index is 471. The second-order valence-corrected chi connectivity index (χ2v) is 3.94. The summed E-state index contributed by atoms with van der Waals surface area (Å²) in [5.74, 6) is -0.858. The van der Waals surface area contributed by atoms with Crippen LogP contribution in [0.4, 0.5) is 0 Å². The molecule has 16 heavy (non-hydrogen) atoms. The van der Waals surface area contributed by atoms with E-state index in [1.54, 1.807) is 0 Å². The smallest absolute Gasteiger partial charge is 0.304 e. The van der Waals surface area contributed by atoms with Crippen LogP contribution in [0, 0.1) is 0 Å². The van der Waals surface area contributed by atoms with Crippen molar-refractivity contribution in [2.45, 2.75) is 18.9 Å². The first-order valence-electron chi connectivity index (χ1n) is 5.19. The number of H-pyrrole nitrogens is 1. The molecular weight excluding hydrogens is 204 g/mol. The van der Waals surface area contributed by atoms with E-state index < -0.39 is 5.97 Å². The Morgan fingerprint density at radius 1 is 1.44 bits per heavy atom. The number of aliphatic carboxylic acids is 1. The van der Waals surface area contributed by atoms with Gasteiger partial charge >= 0.3 is 5.97 Å². The Morgan fingerprint density at radius 3 is 2.88 bits per heavy atom. The van der Waals surface area contributed by atoms with E-state index >= 15 is 0 Å². The molecule has 1 aromatic heterocycles. The van der Waals surface area contributed by atoms with Crippen LogP contribution in [0.15, 0.2) is 30.3 Å². The van der Waals surface area contributed by atoms with Gasteiger partial charge < -0.3 is 15.8 Å². The van der Waals surface area contributed by atoms with E-state index in [1.807, 2.05) is 30.3 Å². The van der Waals surface area contributed by atoms with Crippen molar-refractivity contribution in [3.63, 3.8) is 0 Å². The topological polar surface area (TPSA) is 79.1 Å². The van der Waals surface area contributed by atoms with Crippen LogP contribution in [0.25, 0.3) is 10.9 Å². The summed E-state index contributed by atoms with van der Waals surface area (Å²) in [5, 5.41) is 9.74. The van der Waals surface area contributed by atoms with Crippen LogP contribution in [0.5, 0.6) is 0 Å². The van der Waals surface area contributed by atoms with Gasteiger partial charge in [-0.15, -0.1) is 0 Å². The molecule has 0 spiro atoms. The molecule has 0 aliphatic carbocycles. The van der Waals surface area contributed by atoms with Crippen molar-refractivity contribution in [1.82, 2.24) is 4.98 Å². The summed E-state index contributed by atoms with van der Waals surface area (Å²) in [4.78, 5) is 13.7. The molecule has 0 aliphatic rings. The van der Waals surface area contributed by atoms with Crippen LogP contribution in [0.1, 0.15) is 12.1 Å². The number of hydrogen-bond donors (Lipinski definition) is 3. The second kappa shape index (κ2) is 4.37. The summed E-state index contributed by atoms with van der Waals surface area (Å²) in [7, 11) is 0. The number of fused-ring (bicyclic) bond motifs is 1. The highest BCUT2D eigenvalue weighted by Gasteiger charge is 2.10. The summed E-state index contributed by atoms with van der Waals surface area (Å²) < 4.78 is 0. The SMILES string of the molecule is N[C@H](CC(=O)O)Cc1cc2ccccc2[nH]1. The number of carboxylic acid groups (broad SMARTS) is 1. The molecule has 0 bridgehead atoms. The molecule has 4 nitrogen and oxygen atoms in total. The van der Waals surface area contributed by atoms with Crippen LogP contribution in [0.3, 0.4) is 0 Å². The molecule has 1 atom stereocenters. The zero-order chi connectivity index (χ0) is 11.5. The third-order valence-electron chi connectivity index (χ3n) is 2.50. The number of carbonyl (C=O) groups is 1. The van der Waals surface area contributed by atoms with Crippen LogP contribution in [0.2, 0.25) is 0 Å². The number of nitrogens with one attached hydrogen (secondary N) is 1. The average molecular weight is 218 g/mol. The van der Waals surface area contributed by atoms with Crippen molar-refractivity contribution in [1.29, 1.82) is 0 Å². The first kappa shape index (κ1) is 10.7. The minimum absolute atomic E-state index is 0.00460. The summed E-state index contributed by atoms with van der Waals surface area (Å²) in [5.41, 5.74) is 7.76. The third-order valence-corrected chi connectivity index (χ3v) is 2.50. The Kier molecular flexibility index (Phi) is 2.92. The maximum absolute atomic E-state index is 10.5. The van der Waals surface area contributed by atoms with Crippen molar-refractivity contribution in [3.05, 3.63) is 36.0 Å². The highest BCUT2D eigenvalue weighted by atomic mass is 16.4. The predicted octanol–water partition coefficient (Wildman–Crippen LogP) is 1.51. The van der Waals surface area contributed by atoms with Crippen LogP contribution < -0.4 is 5.73 Å². The maximum Gasteiger partial charge on any atom is 0.304 e. The van der Waals surface area contributed by atoms with Crippen molar-refractivity contribution in [3.8, 4) is 0 Å². The average Bonchev–Trinajstić information content (AvgIpc) is 2.57. The van der Waals surface area contributed by atoms with Crippen molar-refractivity contribution in [2.24, 2.45) is 5.73 Å². The van der Waals surface area contributed by atoms with Gasteiger partial charge in [0.1, 0.15) is 0 Å². The number of benzene rings is 1. The number of rotatable bonds is 4. The van der Waals surface area contributed by atoms with Crippen LogP contribution in [-0.4, -0.2) is 22.1 Å². The molecular formula is C12H14N2O2. The third kappa shape index (κ3) is 2.41. The highest BCUT2D eigenvalue weighted by Crippen LogP contribution is 2.15. The Morgan fingerprint density at radius 2 is 2.19 bits per heavy atom. The summed E-state index contributed by atoms with van der Waals surface area (Å²) in [6.45, 7) is 0. The number of hydrogen-bond acceptors (Lipinski definition) is 2. The molecule has 1 heterocycles. The number of nitrogens with two attached hydrogens (primary N) is 1. The molecule has 4 heteroatoms. The molecule has 1 aromatic carbocycles. The number of carboxylic acids is 1. The van der Waals surface area contributed by atoms with Gasteiger partial charge in [0, 0.05) is 23.7 Å². The van der Waals surface area contributed by atoms with Gasteiger partial charge in [0.2, 0.25) is 0 Å². The molecule has 84 valence electrons. The van der Waals surface area contributed by atoms with E-state index in [1.165, 1.54) is 0 Å². The highest BCUT2D eigenvalue weighted by molar-refractivity contribution is 5.80. The lowest BCUT2D eigenvalue weighted by molar-refractivity contribution is -0.137. The second-order valence-electron chi connectivity index (χ2n) is 3.94. The molecule has 4 N–H and O–H groups in total. The van der Waals surface area contributed by atoms with Gasteiger partial charge in [0.25, 0.3) is 0 Å². The fourth-order valence-electron chi connectivity index (χ4n) is 1.82. The minimum atomic E-state index is -0.858. The lowest BCUT2D eigenvalue weighted by Gasteiger charge is -2.06. The van der Waals surface area contributed by atoms with Gasteiger partial charge in [-0.1, -0.05) is 18.2 Å². The quantitative estimate of drug-likeness (QED) is 0.727. The normalized spacial score (nSPS) is 12.8. The molecule has 2 aromatic rings. The Balaban J connectivity index is 2.12. The number of aromatic amines is 1. The van der Waals surface area contributed by atoms with Gasteiger partial charge in [0.15, 0.2) is 0 Å². The zero-order valence-corrected chi connectivity index (χ0v) is 8.81. The molecule has 0 fully saturated rings. The van der Waals surface area contributed by atoms with E-state index in [9.17, 15) is 4.79 Å². The van der Waals surface area contributed by atoms with E-state index in [0.29, 0.717) is 6.42 Å². The Labute approximate surface area is 93.1 Å². The van der Waals surface area contributed by atoms with E-state index in [2.05, 4.69) is 4.98 Å². The molecule has 0 aliphatic heterocycles. The fourth-order valence-corrected chi connectivity index (χ4v) is 1.82. The minimum Gasteiger partial charge on any atom is -0.481 e. The molecule has 0 saturated heterocycles. The molecule has 0 saturated carbocycles. The number of aromatic nitrogens is 1. The maximum atomic E-state index is 10.5. The van der Waals surface area contributed by atoms with Crippen LogP contribution in [-0.2, 0) is 11.2 Å². The van der Waals surface area contributed by atoms with Crippen molar-refractivity contribution in [2.75, 3.05) is 0 Å². The number of para-hydroxylation sites is 1. The lowest BCUT2D eigenvalue weighted by Crippen LogP contribution is -2.26. The first-order valence-corrected chi connectivity index (χ1v) is 5.19. The van der Waals surface area contributed by atoms with E-state index in [4.69, 9.17) is 10.8 Å². The fraction of sp³-hybridized carbons (Fsp3) is 0.250. The summed E-state index contributed by atoms with van der Waals surface area (Å²) in [6, 6.07) is 9.60. The summed E-state index contributed by atoms with van der Waals surface area (Å²) >= 11 is 0. The Hall–Kier alpha value is -1.81. The largest absolute Gasteiger partial charge is 0.481 e. The van der Waals surface area contributed by atoms with E-state index in [0.717, 1.165) is 16.6 Å². The molecule has 0 amide bonds. The van der Waals surface area contributed by atoms with Gasteiger partial charge in [-0.2, -0.15) is 0 Å². The van der Waals surface area contributed by atoms with Gasteiger partial charge in [-0.3, -0.25) is 4.79 Å². The standard InChI is InChI=1S/C12H14N2O2/c13-9(7-12(15)16)6-10-5-8-3-1-2-4-11(8)14-10/h1-5,9,14H,6-7,13H2,(H,15,16)/t9-/m0/s1. The monoisotopic (exact) mass is 218 g/mol. The molecule has 2 rings (SSSR count). The van der Waals surface area contributed by atoms with Crippen molar-refractivity contribution < 1.29 is 9.90 Å². The zero-order valence-electron chi connectivity index (χ0n) is 8.81. The van der Waals surface area contributed by atoms with Gasteiger partial charge in [-0.05, 0) is 17.5 Å². The first-order chi connectivity index (χ1) is 7.65. The molecule has 0 unspecified atom stereocenters.